The van der Waals surface area contributed by atoms with Crippen molar-refractivity contribution in [3.63, 3.8) is 0 Å². The first-order valence-corrected chi connectivity index (χ1v) is 9.51. The molecule has 0 atom stereocenters. The van der Waals surface area contributed by atoms with Crippen LogP contribution in [0.15, 0.2) is 48.9 Å². The minimum atomic E-state index is 0.0631. The van der Waals surface area contributed by atoms with Gasteiger partial charge in [-0.15, -0.1) is 0 Å². The van der Waals surface area contributed by atoms with Gasteiger partial charge in [-0.2, -0.15) is 5.10 Å². The number of aromatic nitrogens is 4. The van der Waals surface area contributed by atoms with E-state index in [1.54, 1.807) is 18.6 Å². The van der Waals surface area contributed by atoms with Crippen LogP contribution in [0.25, 0.3) is 0 Å². The third kappa shape index (κ3) is 3.60. The fraction of sp³-hybridized carbons (Fsp3) is 0.333. The van der Waals surface area contributed by atoms with Crippen LogP contribution < -0.4 is 4.90 Å². The van der Waals surface area contributed by atoms with E-state index in [9.17, 15) is 4.79 Å². The second kappa shape index (κ2) is 7.80. The largest absolute Gasteiger partial charge is 0.352 e. The van der Waals surface area contributed by atoms with Crippen LogP contribution in [-0.2, 0) is 6.54 Å². The van der Waals surface area contributed by atoms with E-state index in [4.69, 9.17) is 0 Å². The molecule has 7 nitrogen and oxygen atoms in total. The zero-order valence-corrected chi connectivity index (χ0v) is 16.2. The number of carbonyl (C=O) groups excluding carboxylic acids is 1. The van der Waals surface area contributed by atoms with Crippen LogP contribution in [0, 0.1) is 13.8 Å². The average molecular weight is 376 g/mol. The summed E-state index contributed by atoms with van der Waals surface area (Å²) in [5, 5.41) is 4.62. The molecule has 144 valence electrons. The molecular weight excluding hydrogens is 352 g/mol. The van der Waals surface area contributed by atoms with Gasteiger partial charge < -0.3 is 9.80 Å². The molecule has 28 heavy (non-hydrogen) atoms. The van der Waals surface area contributed by atoms with Gasteiger partial charge in [-0.05, 0) is 19.4 Å². The van der Waals surface area contributed by atoms with E-state index >= 15 is 0 Å². The zero-order valence-electron chi connectivity index (χ0n) is 16.2. The number of benzene rings is 1. The Bertz CT molecular complexity index is 946. The lowest BCUT2D eigenvalue weighted by atomic mass is 10.1. The molecule has 3 heterocycles. The van der Waals surface area contributed by atoms with Crippen LogP contribution in [0.1, 0.15) is 27.3 Å². The lowest BCUT2D eigenvalue weighted by molar-refractivity contribution is 0.0745. The van der Waals surface area contributed by atoms with Crippen molar-refractivity contribution in [2.45, 2.75) is 20.4 Å². The van der Waals surface area contributed by atoms with Crippen molar-refractivity contribution in [3.05, 3.63) is 71.4 Å². The summed E-state index contributed by atoms with van der Waals surface area (Å²) in [5.41, 5.74) is 3.60. The number of anilines is 1. The number of aryl methyl sites for hydroxylation is 1. The molecule has 0 radical (unpaired) electrons. The van der Waals surface area contributed by atoms with Crippen molar-refractivity contribution in [3.8, 4) is 0 Å². The number of amides is 1. The molecule has 4 rings (SSSR count). The normalized spacial score (nSPS) is 14.4. The SMILES string of the molecule is Cc1nn(Cc2ccccc2)c(C)c1C(=O)N1CCN(c2cnccn2)CC1. The maximum atomic E-state index is 13.2. The van der Waals surface area contributed by atoms with Crippen LogP contribution in [0.5, 0.6) is 0 Å². The van der Waals surface area contributed by atoms with Crippen molar-refractivity contribution < 1.29 is 4.79 Å². The zero-order chi connectivity index (χ0) is 19.5. The summed E-state index contributed by atoms with van der Waals surface area (Å²) < 4.78 is 1.92. The molecule has 1 aliphatic heterocycles. The van der Waals surface area contributed by atoms with Crippen molar-refractivity contribution in [1.82, 2.24) is 24.6 Å². The first-order valence-electron chi connectivity index (χ1n) is 9.51. The van der Waals surface area contributed by atoms with Crippen molar-refractivity contribution >= 4 is 11.7 Å². The Morgan fingerprint density at radius 2 is 1.79 bits per heavy atom. The van der Waals surface area contributed by atoms with Crippen LogP contribution in [-0.4, -0.2) is 56.7 Å². The van der Waals surface area contributed by atoms with Gasteiger partial charge in [0.25, 0.3) is 5.91 Å². The van der Waals surface area contributed by atoms with Gasteiger partial charge in [0.15, 0.2) is 0 Å². The molecule has 3 aromatic rings. The molecule has 7 heteroatoms. The first kappa shape index (κ1) is 18.2. The lowest BCUT2D eigenvalue weighted by Crippen LogP contribution is -2.49. The Hall–Kier alpha value is -3.22. The van der Waals surface area contributed by atoms with Crippen molar-refractivity contribution in [2.75, 3.05) is 31.1 Å². The highest BCUT2D eigenvalue weighted by Gasteiger charge is 2.27. The number of rotatable bonds is 4. The molecule has 1 aliphatic rings. The molecule has 0 N–H and O–H groups in total. The monoisotopic (exact) mass is 376 g/mol. The highest BCUT2D eigenvalue weighted by Crippen LogP contribution is 2.19. The van der Waals surface area contributed by atoms with Gasteiger partial charge in [-0.1, -0.05) is 30.3 Å². The number of hydrogen-bond acceptors (Lipinski definition) is 5. The number of hydrogen-bond donors (Lipinski definition) is 0. The molecule has 0 saturated carbocycles. The second-order valence-corrected chi connectivity index (χ2v) is 7.03. The van der Waals surface area contributed by atoms with Gasteiger partial charge >= 0.3 is 0 Å². The lowest BCUT2D eigenvalue weighted by Gasteiger charge is -2.35. The van der Waals surface area contributed by atoms with E-state index in [2.05, 4.69) is 32.1 Å². The number of carbonyl (C=O) groups is 1. The smallest absolute Gasteiger partial charge is 0.257 e. The maximum absolute atomic E-state index is 13.2. The Labute approximate surface area is 164 Å². The standard InChI is InChI=1S/C21H24N6O/c1-16-20(17(2)27(24-16)15-18-6-4-3-5-7-18)21(28)26-12-10-25(11-13-26)19-14-22-8-9-23-19/h3-9,14H,10-13,15H2,1-2H3. The van der Waals surface area contributed by atoms with Crippen LogP contribution in [0.4, 0.5) is 5.82 Å². The van der Waals surface area contributed by atoms with E-state index in [0.29, 0.717) is 19.6 Å². The molecule has 1 aromatic carbocycles. The molecule has 0 bridgehead atoms. The molecular formula is C21H24N6O. The number of nitrogens with zero attached hydrogens (tertiary/aromatic N) is 6. The van der Waals surface area contributed by atoms with Gasteiger partial charge in [0.05, 0.1) is 24.0 Å². The molecule has 2 aromatic heterocycles. The van der Waals surface area contributed by atoms with E-state index in [-0.39, 0.29) is 5.91 Å². The van der Waals surface area contributed by atoms with Crippen molar-refractivity contribution in [1.29, 1.82) is 0 Å². The van der Waals surface area contributed by atoms with Gasteiger partial charge in [-0.25, -0.2) is 4.98 Å². The third-order valence-corrected chi connectivity index (χ3v) is 5.21. The summed E-state index contributed by atoms with van der Waals surface area (Å²) in [7, 11) is 0. The Morgan fingerprint density at radius 3 is 2.46 bits per heavy atom. The van der Waals surface area contributed by atoms with Crippen molar-refractivity contribution in [2.24, 2.45) is 0 Å². The van der Waals surface area contributed by atoms with E-state index in [1.807, 2.05) is 41.6 Å². The topological polar surface area (TPSA) is 67.2 Å². The molecule has 0 spiro atoms. The van der Waals surface area contributed by atoms with Gasteiger partial charge in [0.2, 0.25) is 0 Å². The predicted octanol–water partition coefficient (Wildman–Crippen LogP) is 2.30. The van der Waals surface area contributed by atoms with Crippen LogP contribution >= 0.6 is 0 Å². The maximum Gasteiger partial charge on any atom is 0.257 e. The summed E-state index contributed by atoms with van der Waals surface area (Å²) in [6.07, 6.45) is 5.13. The van der Waals surface area contributed by atoms with Crippen LogP contribution in [0.3, 0.4) is 0 Å². The quantitative estimate of drug-likeness (QED) is 0.699. The highest BCUT2D eigenvalue weighted by atomic mass is 16.2. The number of piperazine rings is 1. The Balaban J connectivity index is 1.47. The fourth-order valence-electron chi connectivity index (χ4n) is 3.67. The summed E-state index contributed by atoms with van der Waals surface area (Å²) >= 11 is 0. The molecule has 1 fully saturated rings. The summed E-state index contributed by atoms with van der Waals surface area (Å²) in [5.74, 6) is 0.922. The second-order valence-electron chi connectivity index (χ2n) is 7.03. The fourth-order valence-corrected chi connectivity index (χ4v) is 3.67. The van der Waals surface area contributed by atoms with E-state index in [0.717, 1.165) is 35.9 Å². The average Bonchev–Trinajstić information content (AvgIpc) is 3.02. The first-order chi connectivity index (χ1) is 13.6. The molecule has 1 amide bonds. The van der Waals surface area contributed by atoms with E-state index < -0.39 is 0 Å². The van der Waals surface area contributed by atoms with Crippen LogP contribution in [0.2, 0.25) is 0 Å². The summed E-state index contributed by atoms with van der Waals surface area (Å²) in [6.45, 7) is 7.39. The van der Waals surface area contributed by atoms with Gasteiger partial charge in [0, 0.05) is 44.3 Å². The highest BCUT2D eigenvalue weighted by molar-refractivity contribution is 5.96. The molecule has 0 unspecified atom stereocenters. The minimum Gasteiger partial charge on any atom is -0.352 e. The van der Waals surface area contributed by atoms with E-state index in [1.165, 1.54) is 5.56 Å². The molecule has 1 saturated heterocycles. The summed E-state index contributed by atoms with van der Waals surface area (Å²) in [6, 6.07) is 10.2. The Morgan fingerprint density at radius 1 is 1.04 bits per heavy atom. The third-order valence-electron chi connectivity index (χ3n) is 5.21. The minimum absolute atomic E-state index is 0.0631. The van der Waals surface area contributed by atoms with Gasteiger partial charge in [0.1, 0.15) is 5.82 Å². The Kier molecular flexibility index (Phi) is 5.06. The summed E-state index contributed by atoms with van der Waals surface area (Å²) in [4.78, 5) is 25.7. The van der Waals surface area contributed by atoms with Gasteiger partial charge in [-0.3, -0.25) is 14.5 Å². The molecule has 0 aliphatic carbocycles. The predicted molar refractivity (Wildman–Crippen MR) is 107 cm³/mol.